The van der Waals surface area contributed by atoms with Crippen LogP contribution in [0, 0.1) is 17.2 Å². The van der Waals surface area contributed by atoms with Gasteiger partial charge < -0.3 is 0 Å². The highest BCUT2D eigenvalue weighted by molar-refractivity contribution is 7.89. The summed E-state index contributed by atoms with van der Waals surface area (Å²) in [6.07, 6.45) is 7.71. The van der Waals surface area contributed by atoms with Gasteiger partial charge in [-0.15, -0.1) is 0 Å². The zero-order valence-electron chi connectivity index (χ0n) is 10.3. The Morgan fingerprint density at radius 2 is 1.88 bits per heavy atom. The van der Waals surface area contributed by atoms with Gasteiger partial charge in [0.2, 0.25) is 10.0 Å². The van der Waals surface area contributed by atoms with Crippen molar-refractivity contribution in [2.75, 3.05) is 12.3 Å². The minimum atomic E-state index is -3.10. The number of hydrogen-bond donors (Lipinski definition) is 1. The van der Waals surface area contributed by atoms with Gasteiger partial charge in [0.25, 0.3) is 0 Å². The van der Waals surface area contributed by atoms with E-state index in [1.54, 1.807) is 0 Å². The van der Waals surface area contributed by atoms with E-state index >= 15 is 0 Å². The van der Waals surface area contributed by atoms with Gasteiger partial charge in [-0.1, -0.05) is 19.3 Å². The zero-order chi connectivity index (χ0) is 12.6. The largest absolute Gasteiger partial charge is 0.215 e. The van der Waals surface area contributed by atoms with Gasteiger partial charge in [0.15, 0.2) is 0 Å². The summed E-state index contributed by atoms with van der Waals surface area (Å²) in [5.41, 5.74) is 0. The number of unbranched alkanes of at least 4 members (excludes halogenated alkanes) is 2. The lowest BCUT2D eigenvalue weighted by molar-refractivity contribution is 0.384. The Bertz CT molecular complexity index is 340. The summed E-state index contributed by atoms with van der Waals surface area (Å²) in [5, 5.41) is 8.35. The van der Waals surface area contributed by atoms with Crippen molar-refractivity contribution in [2.24, 2.45) is 5.92 Å². The van der Waals surface area contributed by atoms with E-state index in [0.29, 0.717) is 18.9 Å². The molecule has 0 spiro atoms. The first kappa shape index (κ1) is 14.5. The maximum Gasteiger partial charge on any atom is 0.211 e. The van der Waals surface area contributed by atoms with E-state index in [2.05, 4.69) is 10.8 Å². The van der Waals surface area contributed by atoms with Crippen LogP contribution in [0.5, 0.6) is 0 Å². The second-order valence-electron chi connectivity index (χ2n) is 4.80. The number of sulfonamides is 1. The summed E-state index contributed by atoms with van der Waals surface area (Å²) in [4.78, 5) is 0. The number of hydrogen-bond acceptors (Lipinski definition) is 3. The van der Waals surface area contributed by atoms with Crippen LogP contribution in [-0.4, -0.2) is 20.7 Å². The summed E-state index contributed by atoms with van der Waals surface area (Å²) in [6.45, 7) is 0.469. The SMILES string of the molecule is N#CCCCCNS(=O)(=O)CC1CCCCC1. The van der Waals surface area contributed by atoms with Crippen LogP contribution >= 0.6 is 0 Å². The van der Waals surface area contributed by atoms with Gasteiger partial charge in [-0.05, 0) is 31.6 Å². The molecule has 0 aromatic rings. The monoisotopic (exact) mass is 258 g/mol. The van der Waals surface area contributed by atoms with Crippen molar-refractivity contribution in [2.45, 2.75) is 51.4 Å². The normalized spacial score (nSPS) is 17.8. The van der Waals surface area contributed by atoms with Crippen LogP contribution in [0.4, 0.5) is 0 Å². The molecule has 0 radical (unpaired) electrons. The van der Waals surface area contributed by atoms with Crippen LogP contribution in [0.15, 0.2) is 0 Å². The van der Waals surface area contributed by atoms with E-state index < -0.39 is 10.0 Å². The molecule has 0 bridgehead atoms. The Hall–Kier alpha value is -0.600. The van der Waals surface area contributed by atoms with Gasteiger partial charge in [-0.3, -0.25) is 0 Å². The number of rotatable bonds is 7. The highest BCUT2D eigenvalue weighted by atomic mass is 32.2. The molecule has 0 aliphatic heterocycles. The third-order valence-corrected chi connectivity index (χ3v) is 4.77. The fourth-order valence-electron chi connectivity index (χ4n) is 2.28. The summed E-state index contributed by atoms with van der Waals surface area (Å²) < 4.78 is 26.1. The predicted octanol–water partition coefficient (Wildman–Crippen LogP) is 2.18. The van der Waals surface area contributed by atoms with Crippen molar-refractivity contribution in [1.82, 2.24) is 4.72 Å². The minimum Gasteiger partial charge on any atom is -0.215 e. The molecule has 1 aliphatic rings. The van der Waals surface area contributed by atoms with Crippen molar-refractivity contribution in [3.05, 3.63) is 0 Å². The lowest BCUT2D eigenvalue weighted by Gasteiger charge is -2.21. The van der Waals surface area contributed by atoms with Crippen LogP contribution in [0.3, 0.4) is 0 Å². The second kappa shape index (κ2) is 7.67. The molecule has 98 valence electrons. The number of nitrogens with zero attached hydrogens (tertiary/aromatic N) is 1. The van der Waals surface area contributed by atoms with Crippen LogP contribution in [0.1, 0.15) is 51.4 Å². The summed E-state index contributed by atoms with van der Waals surface area (Å²) in [6, 6.07) is 2.05. The molecule has 1 rings (SSSR count). The molecule has 0 aromatic carbocycles. The smallest absolute Gasteiger partial charge is 0.211 e. The van der Waals surface area contributed by atoms with Gasteiger partial charge in [0.1, 0.15) is 0 Å². The molecular weight excluding hydrogens is 236 g/mol. The second-order valence-corrected chi connectivity index (χ2v) is 6.65. The zero-order valence-corrected chi connectivity index (χ0v) is 11.1. The third-order valence-electron chi connectivity index (χ3n) is 3.22. The summed E-state index contributed by atoms with van der Waals surface area (Å²) in [7, 11) is -3.10. The van der Waals surface area contributed by atoms with Crippen LogP contribution in [0.2, 0.25) is 0 Å². The van der Waals surface area contributed by atoms with E-state index in [-0.39, 0.29) is 5.75 Å². The number of nitriles is 1. The van der Waals surface area contributed by atoms with Crippen molar-refractivity contribution in [3.8, 4) is 6.07 Å². The molecule has 1 saturated carbocycles. The van der Waals surface area contributed by atoms with Gasteiger partial charge in [0.05, 0.1) is 11.8 Å². The molecule has 0 amide bonds. The molecule has 1 N–H and O–H groups in total. The van der Waals surface area contributed by atoms with Crippen molar-refractivity contribution >= 4 is 10.0 Å². The lowest BCUT2D eigenvalue weighted by Crippen LogP contribution is -2.31. The van der Waals surface area contributed by atoms with Crippen LogP contribution < -0.4 is 4.72 Å². The Morgan fingerprint density at radius 1 is 1.18 bits per heavy atom. The quantitative estimate of drug-likeness (QED) is 0.711. The van der Waals surface area contributed by atoms with E-state index in [4.69, 9.17) is 5.26 Å². The highest BCUT2D eigenvalue weighted by Crippen LogP contribution is 2.24. The highest BCUT2D eigenvalue weighted by Gasteiger charge is 2.20. The molecule has 0 saturated heterocycles. The summed E-state index contributed by atoms with van der Waals surface area (Å²) >= 11 is 0. The van der Waals surface area contributed by atoms with Gasteiger partial charge in [-0.2, -0.15) is 5.26 Å². The first-order chi connectivity index (χ1) is 8.14. The molecule has 0 aromatic heterocycles. The predicted molar refractivity (Wildman–Crippen MR) is 67.8 cm³/mol. The van der Waals surface area contributed by atoms with Crippen molar-refractivity contribution < 1.29 is 8.42 Å². The van der Waals surface area contributed by atoms with E-state index in [1.165, 1.54) is 19.3 Å². The fraction of sp³-hybridized carbons (Fsp3) is 0.917. The molecule has 0 atom stereocenters. The standard InChI is InChI=1S/C12H22N2O2S/c13-9-5-2-6-10-14-17(15,16)11-12-7-3-1-4-8-12/h12,14H,1-8,10-11H2. The molecule has 1 fully saturated rings. The van der Waals surface area contributed by atoms with E-state index in [0.717, 1.165) is 25.7 Å². The third kappa shape index (κ3) is 6.64. The summed E-state index contributed by atoms with van der Waals surface area (Å²) in [5.74, 6) is 0.631. The Balaban J connectivity index is 2.19. The topological polar surface area (TPSA) is 70.0 Å². The van der Waals surface area contributed by atoms with Crippen LogP contribution in [-0.2, 0) is 10.0 Å². The Morgan fingerprint density at radius 3 is 2.53 bits per heavy atom. The van der Waals surface area contributed by atoms with Gasteiger partial charge in [0, 0.05) is 13.0 Å². The first-order valence-electron chi connectivity index (χ1n) is 6.48. The maximum absolute atomic E-state index is 11.8. The molecule has 1 aliphatic carbocycles. The first-order valence-corrected chi connectivity index (χ1v) is 8.13. The average Bonchev–Trinajstić information content (AvgIpc) is 2.29. The fourth-order valence-corrected chi connectivity index (χ4v) is 3.81. The molecule has 5 heteroatoms. The van der Waals surface area contributed by atoms with Crippen molar-refractivity contribution in [3.63, 3.8) is 0 Å². The maximum atomic E-state index is 11.8. The van der Waals surface area contributed by atoms with E-state index in [9.17, 15) is 8.42 Å². The molecule has 17 heavy (non-hydrogen) atoms. The van der Waals surface area contributed by atoms with Gasteiger partial charge >= 0.3 is 0 Å². The van der Waals surface area contributed by atoms with Crippen LogP contribution in [0.25, 0.3) is 0 Å². The number of nitrogens with one attached hydrogen (secondary N) is 1. The molecule has 0 unspecified atom stereocenters. The van der Waals surface area contributed by atoms with Crippen molar-refractivity contribution in [1.29, 1.82) is 5.26 Å². The Labute approximate surface area is 104 Å². The Kier molecular flexibility index (Phi) is 6.53. The molecule has 0 heterocycles. The molecular formula is C12H22N2O2S. The van der Waals surface area contributed by atoms with Gasteiger partial charge in [-0.25, -0.2) is 13.1 Å². The average molecular weight is 258 g/mol. The van der Waals surface area contributed by atoms with E-state index in [1.807, 2.05) is 0 Å². The lowest BCUT2D eigenvalue weighted by atomic mass is 9.91. The molecule has 4 nitrogen and oxygen atoms in total. The minimum absolute atomic E-state index is 0.283.